The van der Waals surface area contributed by atoms with Crippen molar-refractivity contribution < 1.29 is 53.8 Å². The lowest BCUT2D eigenvalue weighted by molar-refractivity contribution is -0.160. The number of benzene rings is 3. The number of rotatable bonds is 4. The number of nitrogens with zero attached hydrogens (tertiary/aromatic N) is 3. The second kappa shape index (κ2) is 18.4. The van der Waals surface area contributed by atoms with Gasteiger partial charge in [0.05, 0.1) is 45.7 Å². The maximum Gasteiger partial charge on any atom is 0.312 e. The Hall–Kier alpha value is -5.68. The molecule has 342 valence electrons. The molecule has 3 aromatic carbocycles. The van der Waals surface area contributed by atoms with Crippen molar-refractivity contribution in [2.45, 2.75) is 85.6 Å². The number of allylic oxidation sites excluding steroid dienone is 2. The van der Waals surface area contributed by atoms with Gasteiger partial charge in [0, 0.05) is 93.0 Å². The van der Waals surface area contributed by atoms with Gasteiger partial charge < -0.3 is 54.5 Å². The van der Waals surface area contributed by atoms with Crippen molar-refractivity contribution >= 4 is 66.5 Å². The van der Waals surface area contributed by atoms with Crippen LogP contribution in [0.15, 0.2) is 66.5 Å². The number of hydrogen-bond donors (Lipinski definition) is 5. The molecular formula is C48H58N4O11S. The molecule has 0 saturated carbocycles. The summed E-state index contributed by atoms with van der Waals surface area (Å²) in [6.07, 6.45) is 3.96. The van der Waals surface area contributed by atoms with E-state index in [4.69, 9.17) is 23.9 Å². The van der Waals surface area contributed by atoms with Gasteiger partial charge in [-0.3, -0.25) is 14.4 Å². The lowest BCUT2D eigenvalue weighted by Crippen LogP contribution is -2.46. The largest absolute Gasteiger partial charge is 0.507 e. The van der Waals surface area contributed by atoms with E-state index in [9.17, 15) is 34.8 Å². The molecule has 4 aromatic rings. The van der Waals surface area contributed by atoms with Crippen molar-refractivity contribution in [3.63, 3.8) is 0 Å². The lowest BCUT2D eigenvalue weighted by Gasteiger charge is -2.38. The Bertz CT molecular complexity index is 2530. The fourth-order valence-corrected chi connectivity index (χ4v) is 10.2. The first-order valence-electron chi connectivity index (χ1n) is 21.6. The highest BCUT2D eigenvalue weighted by molar-refractivity contribution is 7.23. The van der Waals surface area contributed by atoms with Crippen molar-refractivity contribution in [3.8, 4) is 17.2 Å². The van der Waals surface area contributed by atoms with Gasteiger partial charge in [0.1, 0.15) is 23.3 Å². The van der Waals surface area contributed by atoms with Gasteiger partial charge in [-0.1, -0.05) is 75.5 Å². The number of aromatic nitrogens is 1. The molecule has 5 N–H and O–H groups in total. The van der Waals surface area contributed by atoms with Gasteiger partial charge in [0.25, 0.3) is 11.7 Å². The zero-order chi connectivity index (χ0) is 46.4. The summed E-state index contributed by atoms with van der Waals surface area (Å²) in [5, 5.41) is 50.6. The number of ether oxygens (including phenoxy) is 4. The van der Waals surface area contributed by atoms with Crippen LogP contribution in [0.5, 0.6) is 17.2 Å². The second-order valence-corrected chi connectivity index (χ2v) is 18.3. The molecule has 3 aliphatic rings. The van der Waals surface area contributed by atoms with E-state index in [2.05, 4.69) is 27.2 Å². The van der Waals surface area contributed by atoms with E-state index >= 15 is 0 Å². The number of piperazine rings is 1. The number of carbonyl (C=O) groups excluding carboxylic acids is 3. The van der Waals surface area contributed by atoms with Crippen LogP contribution in [0, 0.1) is 30.6 Å². The Morgan fingerprint density at radius 1 is 0.922 bits per heavy atom. The Kier molecular flexibility index (Phi) is 13.3. The Balaban J connectivity index is 1.37. The maximum atomic E-state index is 14.8. The van der Waals surface area contributed by atoms with E-state index in [1.165, 1.54) is 38.6 Å². The number of esters is 1. The number of Topliss-reactive ketones (excluding diaryl/α,β-unsaturated/α-hetero) is 1. The zero-order valence-corrected chi connectivity index (χ0v) is 38.4. The van der Waals surface area contributed by atoms with Crippen LogP contribution in [0.1, 0.15) is 64.4 Å². The highest BCUT2D eigenvalue weighted by Crippen LogP contribution is 2.55. The van der Waals surface area contributed by atoms with Crippen molar-refractivity contribution in [2.24, 2.45) is 23.7 Å². The summed E-state index contributed by atoms with van der Waals surface area (Å²) < 4.78 is 24.4. The van der Waals surface area contributed by atoms with E-state index in [1.807, 2.05) is 18.2 Å². The number of carbonyl (C=O) groups is 3. The molecule has 16 heteroatoms. The van der Waals surface area contributed by atoms with Crippen LogP contribution in [-0.4, -0.2) is 107 Å². The summed E-state index contributed by atoms with van der Waals surface area (Å²) in [6.45, 7) is 15.5. The van der Waals surface area contributed by atoms with Gasteiger partial charge >= 0.3 is 11.8 Å². The van der Waals surface area contributed by atoms with Crippen LogP contribution in [0.25, 0.3) is 21.0 Å². The van der Waals surface area contributed by atoms with Gasteiger partial charge in [-0.15, -0.1) is 0 Å². The normalized spacial score (nSPS) is 30.1. The van der Waals surface area contributed by atoms with Gasteiger partial charge in [0.15, 0.2) is 10.9 Å². The van der Waals surface area contributed by atoms with Crippen molar-refractivity contribution in [3.05, 3.63) is 77.6 Å². The SMILES string of the molecule is CO[C@H]1/C=C/O[C@@]2(C)Oc3c(C)c(O)c4c(O)c(c5sc(N6CCN(c7ccccc7)CC6)nc5c4c3C2=O)NC(=O)/C(C)=C\C=C\[C@H](C)[C@H](O)[C@@H](C)[C@@H](O)[C@@H](C)[C@H](OC(C)=O)[C@@H]1C. The number of phenols is 2. The average Bonchev–Trinajstić information content (AvgIpc) is 3.84. The summed E-state index contributed by atoms with van der Waals surface area (Å²) in [5.74, 6) is -6.86. The molecule has 0 radical (unpaired) electrons. The summed E-state index contributed by atoms with van der Waals surface area (Å²) in [4.78, 5) is 50.6. The molecule has 4 heterocycles. The average molecular weight is 899 g/mol. The smallest absolute Gasteiger partial charge is 0.312 e. The Morgan fingerprint density at radius 3 is 2.25 bits per heavy atom. The van der Waals surface area contributed by atoms with Gasteiger partial charge in [-0.25, -0.2) is 4.98 Å². The quantitative estimate of drug-likeness (QED) is 0.104. The van der Waals surface area contributed by atoms with Gasteiger partial charge in [-0.05, 0) is 32.1 Å². The van der Waals surface area contributed by atoms with Crippen LogP contribution in [0.2, 0.25) is 0 Å². The molecule has 3 aliphatic heterocycles. The summed E-state index contributed by atoms with van der Waals surface area (Å²) in [5.41, 5.74) is 1.85. The first kappa shape index (κ1) is 46.3. The number of aliphatic hydroxyl groups is 2. The zero-order valence-electron chi connectivity index (χ0n) is 37.6. The number of phenolic OH excluding ortho intramolecular Hbond substituents is 2. The van der Waals surface area contributed by atoms with E-state index in [1.54, 1.807) is 65.8 Å². The van der Waals surface area contributed by atoms with Crippen LogP contribution < -0.4 is 19.9 Å². The van der Waals surface area contributed by atoms with Crippen LogP contribution in [-0.2, 0) is 23.8 Å². The van der Waals surface area contributed by atoms with Gasteiger partial charge in [0.2, 0.25) is 0 Å². The molecule has 64 heavy (non-hydrogen) atoms. The summed E-state index contributed by atoms with van der Waals surface area (Å²) >= 11 is 1.25. The first-order chi connectivity index (χ1) is 30.4. The van der Waals surface area contributed by atoms with Crippen molar-refractivity contribution in [1.82, 2.24) is 4.98 Å². The number of aliphatic hydroxyl groups excluding tert-OH is 2. The number of methoxy groups -OCH3 is 1. The van der Waals surface area contributed by atoms with Crippen LogP contribution in [0.4, 0.5) is 16.5 Å². The van der Waals surface area contributed by atoms with Crippen molar-refractivity contribution in [2.75, 3.05) is 48.4 Å². The number of nitrogens with one attached hydrogen (secondary N) is 1. The number of aromatic hydroxyl groups is 2. The molecule has 1 saturated heterocycles. The van der Waals surface area contributed by atoms with Crippen LogP contribution in [0.3, 0.4) is 0 Å². The molecule has 7 rings (SSSR count). The molecule has 0 aliphatic carbocycles. The fraction of sp³-hybridized carbons (Fsp3) is 0.458. The molecule has 15 nitrogen and oxygen atoms in total. The summed E-state index contributed by atoms with van der Waals surface area (Å²) in [6, 6.07) is 10.1. The monoisotopic (exact) mass is 898 g/mol. The highest BCUT2D eigenvalue weighted by atomic mass is 32.1. The predicted octanol–water partition coefficient (Wildman–Crippen LogP) is 6.98. The Morgan fingerprint density at radius 2 is 1.59 bits per heavy atom. The van der Waals surface area contributed by atoms with E-state index in [-0.39, 0.29) is 50.2 Å². The maximum absolute atomic E-state index is 14.8. The molecule has 0 unspecified atom stereocenters. The number of amides is 1. The lowest BCUT2D eigenvalue weighted by atomic mass is 9.78. The van der Waals surface area contributed by atoms with Gasteiger partial charge in [-0.2, -0.15) is 0 Å². The minimum atomic E-state index is -1.96. The third-order valence-corrected chi connectivity index (χ3v) is 14.2. The number of fused-ring (bicyclic) bond motifs is 1. The third kappa shape index (κ3) is 8.51. The second-order valence-electron chi connectivity index (χ2n) is 17.3. The number of hydrogen-bond acceptors (Lipinski definition) is 15. The van der Waals surface area contributed by atoms with Crippen LogP contribution >= 0.6 is 11.3 Å². The van der Waals surface area contributed by atoms with E-state index < -0.39 is 77.3 Å². The first-order valence-corrected chi connectivity index (χ1v) is 22.4. The fourth-order valence-electron chi connectivity index (χ4n) is 9.04. The molecule has 1 aromatic heterocycles. The number of anilines is 3. The number of ketones is 1. The van der Waals surface area contributed by atoms with Crippen molar-refractivity contribution in [1.29, 1.82) is 0 Å². The Labute approximate surface area is 376 Å². The molecule has 4 bridgehead atoms. The molecular weight excluding hydrogens is 841 g/mol. The standard InChI is InChI=1S/C48H58N4O11S/c1-24-14-13-15-25(2)46(59)49-37-41(57)34-33(36-44(37)64-47(50-36)52-21-19-51(20-22-52)31-16-11-10-12-17-31)35-43(29(6)40(34)56)63-48(8,45(35)58)61-23-18-32(60-9)26(3)42(62-30(7)53)28(5)39(55)27(4)38(24)54/h10-18,23-24,26-28,32,38-39,42,54-57H,19-22H2,1-9H3,(H,49,59)/b14-13+,23-18+,25-15-/t24-,26+,27+,28+,32-,38-,39+,42+,48-/m0/s1. The summed E-state index contributed by atoms with van der Waals surface area (Å²) in [7, 11) is 1.47. The van der Waals surface area contributed by atoms with E-state index in [0.29, 0.717) is 36.0 Å². The minimum Gasteiger partial charge on any atom is -0.507 e. The topological polar surface area (TPSA) is 200 Å². The third-order valence-electron chi connectivity index (χ3n) is 13.0. The van der Waals surface area contributed by atoms with E-state index in [0.717, 1.165) is 5.69 Å². The molecule has 0 spiro atoms. The highest BCUT2D eigenvalue weighted by Gasteiger charge is 2.50. The molecule has 1 amide bonds. The molecule has 9 atom stereocenters. The minimum absolute atomic E-state index is 0.0147. The number of para-hydroxylation sites is 1. The predicted molar refractivity (Wildman–Crippen MR) is 246 cm³/mol. The number of thiazole rings is 1. The molecule has 1 fully saturated rings.